The number of rotatable bonds is 3. The van der Waals surface area contributed by atoms with E-state index in [9.17, 15) is 4.79 Å². The zero-order chi connectivity index (χ0) is 14.1. The van der Waals surface area contributed by atoms with Crippen molar-refractivity contribution in [3.63, 3.8) is 0 Å². The Morgan fingerprint density at radius 1 is 1.15 bits per heavy atom. The average Bonchev–Trinajstić information content (AvgIpc) is 2.84. The molecule has 0 aliphatic rings. The van der Waals surface area contributed by atoms with Crippen molar-refractivity contribution in [2.75, 3.05) is 0 Å². The number of aromatic amines is 2. The van der Waals surface area contributed by atoms with Gasteiger partial charge in [0.1, 0.15) is 16.1 Å². The second-order valence-corrected chi connectivity index (χ2v) is 5.30. The lowest BCUT2D eigenvalue weighted by atomic mass is 10.3. The molecular formula is C14H13BrN4O. The summed E-state index contributed by atoms with van der Waals surface area (Å²) in [4.78, 5) is 26.8. The van der Waals surface area contributed by atoms with Gasteiger partial charge in [0.2, 0.25) is 0 Å². The summed E-state index contributed by atoms with van der Waals surface area (Å²) in [6, 6.07) is 7.83. The van der Waals surface area contributed by atoms with E-state index < -0.39 is 0 Å². The van der Waals surface area contributed by atoms with Crippen molar-refractivity contribution < 1.29 is 0 Å². The van der Waals surface area contributed by atoms with Gasteiger partial charge in [-0.15, -0.1) is 0 Å². The van der Waals surface area contributed by atoms with Crippen molar-refractivity contribution in [3.8, 4) is 0 Å². The van der Waals surface area contributed by atoms with Crippen LogP contribution in [0.5, 0.6) is 0 Å². The van der Waals surface area contributed by atoms with Crippen LogP contribution in [-0.2, 0) is 12.8 Å². The molecule has 3 aromatic rings. The highest BCUT2D eigenvalue weighted by molar-refractivity contribution is 9.10. The molecule has 0 aliphatic heterocycles. The number of nitrogens with one attached hydrogen (secondary N) is 2. The first kappa shape index (κ1) is 13.1. The summed E-state index contributed by atoms with van der Waals surface area (Å²) in [6.45, 7) is 1.97. The molecule has 20 heavy (non-hydrogen) atoms. The maximum absolute atomic E-state index is 11.8. The maximum Gasteiger partial charge on any atom is 0.265 e. The smallest absolute Gasteiger partial charge is 0.265 e. The summed E-state index contributed by atoms with van der Waals surface area (Å²) in [5.74, 6) is 1.41. The lowest BCUT2D eigenvalue weighted by Gasteiger charge is -2.03. The zero-order valence-corrected chi connectivity index (χ0v) is 12.5. The fraction of sp³-hybridized carbons (Fsp3) is 0.214. The van der Waals surface area contributed by atoms with Crippen LogP contribution in [0.1, 0.15) is 24.3 Å². The Labute approximate surface area is 123 Å². The fourth-order valence-electron chi connectivity index (χ4n) is 2.12. The molecule has 6 heteroatoms. The first-order valence-corrected chi connectivity index (χ1v) is 7.18. The van der Waals surface area contributed by atoms with Crippen molar-refractivity contribution in [1.82, 2.24) is 19.9 Å². The molecule has 0 spiro atoms. The largest absolute Gasteiger partial charge is 0.342 e. The minimum atomic E-state index is -0.150. The van der Waals surface area contributed by atoms with Gasteiger partial charge >= 0.3 is 0 Å². The SMILES string of the molecule is CCc1nc(Cc2nc3ccccc3[nH]2)[nH]c(=O)c1Br. The van der Waals surface area contributed by atoms with Crippen LogP contribution < -0.4 is 5.56 Å². The topological polar surface area (TPSA) is 74.4 Å². The highest BCUT2D eigenvalue weighted by Crippen LogP contribution is 2.13. The lowest BCUT2D eigenvalue weighted by molar-refractivity contribution is 0.854. The van der Waals surface area contributed by atoms with Gasteiger partial charge < -0.3 is 9.97 Å². The number of hydrogen-bond donors (Lipinski definition) is 2. The van der Waals surface area contributed by atoms with Crippen LogP contribution in [0, 0.1) is 0 Å². The molecule has 5 nitrogen and oxygen atoms in total. The Morgan fingerprint density at radius 2 is 1.90 bits per heavy atom. The number of aromatic nitrogens is 4. The van der Waals surface area contributed by atoms with Crippen LogP contribution in [0.15, 0.2) is 33.5 Å². The van der Waals surface area contributed by atoms with Gasteiger partial charge in [-0.25, -0.2) is 9.97 Å². The standard InChI is InChI=1S/C14H13BrN4O/c1-2-8-13(15)14(20)19-12(16-8)7-11-17-9-5-3-4-6-10(9)18-11/h3-6H,2,7H2,1H3,(H,17,18)(H,16,19,20). The van der Waals surface area contributed by atoms with E-state index in [2.05, 4.69) is 35.9 Å². The molecule has 0 amide bonds. The summed E-state index contributed by atoms with van der Waals surface area (Å²) in [5.41, 5.74) is 2.51. The van der Waals surface area contributed by atoms with E-state index in [4.69, 9.17) is 0 Å². The van der Waals surface area contributed by atoms with E-state index in [1.807, 2.05) is 31.2 Å². The Kier molecular flexibility index (Phi) is 3.40. The monoisotopic (exact) mass is 332 g/mol. The van der Waals surface area contributed by atoms with Crippen LogP contribution in [0.25, 0.3) is 11.0 Å². The third-order valence-electron chi connectivity index (χ3n) is 3.09. The zero-order valence-electron chi connectivity index (χ0n) is 10.9. The van der Waals surface area contributed by atoms with E-state index >= 15 is 0 Å². The summed E-state index contributed by atoms with van der Waals surface area (Å²) in [5, 5.41) is 0. The molecule has 0 unspecified atom stereocenters. The summed E-state index contributed by atoms with van der Waals surface area (Å²) >= 11 is 3.26. The molecule has 2 heterocycles. The third kappa shape index (κ3) is 2.38. The van der Waals surface area contributed by atoms with Crippen molar-refractivity contribution >= 4 is 27.0 Å². The molecule has 0 fully saturated rings. The predicted molar refractivity (Wildman–Crippen MR) is 80.8 cm³/mol. The minimum Gasteiger partial charge on any atom is -0.342 e. The van der Waals surface area contributed by atoms with Gasteiger partial charge in [-0.3, -0.25) is 4.79 Å². The van der Waals surface area contributed by atoms with Gasteiger partial charge in [0, 0.05) is 0 Å². The number of para-hydroxylation sites is 2. The van der Waals surface area contributed by atoms with Gasteiger partial charge in [-0.05, 0) is 34.5 Å². The predicted octanol–water partition coefficient (Wildman–Crippen LogP) is 2.56. The number of imidazole rings is 1. The van der Waals surface area contributed by atoms with Crippen LogP contribution in [0.3, 0.4) is 0 Å². The van der Waals surface area contributed by atoms with Crippen LogP contribution >= 0.6 is 15.9 Å². The van der Waals surface area contributed by atoms with Gasteiger partial charge in [0.05, 0.1) is 23.1 Å². The van der Waals surface area contributed by atoms with Gasteiger partial charge in [0.25, 0.3) is 5.56 Å². The molecule has 2 N–H and O–H groups in total. The molecule has 0 aliphatic carbocycles. The fourth-order valence-corrected chi connectivity index (χ4v) is 2.59. The molecule has 0 bridgehead atoms. The highest BCUT2D eigenvalue weighted by atomic mass is 79.9. The second kappa shape index (κ2) is 5.20. The molecule has 102 valence electrons. The van der Waals surface area contributed by atoms with Crippen LogP contribution in [0.4, 0.5) is 0 Å². The van der Waals surface area contributed by atoms with Crippen molar-refractivity contribution in [3.05, 3.63) is 56.4 Å². The van der Waals surface area contributed by atoms with Gasteiger partial charge in [0.15, 0.2) is 0 Å². The third-order valence-corrected chi connectivity index (χ3v) is 3.91. The second-order valence-electron chi connectivity index (χ2n) is 4.50. The summed E-state index contributed by atoms with van der Waals surface area (Å²) < 4.78 is 0.508. The van der Waals surface area contributed by atoms with Crippen LogP contribution in [-0.4, -0.2) is 19.9 Å². The number of nitrogens with zero attached hydrogens (tertiary/aromatic N) is 2. The normalized spacial score (nSPS) is 11.1. The Morgan fingerprint density at radius 3 is 2.65 bits per heavy atom. The number of fused-ring (bicyclic) bond motifs is 1. The van der Waals surface area contributed by atoms with Crippen molar-refractivity contribution in [2.24, 2.45) is 0 Å². The Bertz CT molecular complexity index is 788. The lowest BCUT2D eigenvalue weighted by Crippen LogP contribution is -2.16. The first-order valence-electron chi connectivity index (χ1n) is 6.38. The van der Waals surface area contributed by atoms with E-state index in [0.717, 1.165) is 22.6 Å². The quantitative estimate of drug-likeness (QED) is 0.774. The number of halogens is 1. The average molecular weight is 333 g/mol. The number of aryl methyl sites for hydroxylation is 1. The molecule has 0 radical (unpaired) electrons. The van der Waals surface area contributed by atoms with E-state index in [1.54, 1.807) is 0 Å². The number of H-pyrrole nitrogens is 2. The van der Waals surface area contributed by atoms with E-state index in [0.29, 0.717) is 23.1 Å². The number of benzene rings is 1. The molecule has 3 rings (SSSR count). The Balaban J connectivity index is 1.98. The van der Waals surface area contributed by atoms with Crippen molar-refractivity contribution in [2.45, 2.75) is 19.8 Å². The van der Waals surface area contributed by atoms with Crippen LogP contribution in [0.2, 0.25) is 0 Å². The van der Waals surface area contributed by atoms with E-state index in [-0.39, 0.29) is 5.56 Å². The molecule has 1 aromatic carbocycles. The Hall–Kier alpha value is -1.95. The molecule has 0 atom stereocenters. The molecule has 0 saturated carbocycles. The summed E-state index contributed by atoms with van der Waals surface area (Å²) in [7, 11) is 0. The summed E-state index contributed by atoms with van der Waals surface area (Å²) in [6.07, 6.45) is 1.18. The number of hydrogen-bond acceptors (Lipinski definition) is 3. The first-order chi connectivity index (χ1) is 9.67. The van der Waals surface area contributed by atoms with Gasteiger partial charge in [-0.1, -0.05) is 19.1 Å². The van der Waals surface area contributed by atoms with E-state index in [1.165, 1.54) is 0 Å². The maximum atomic E-state index is 11.8. The van der Waals surface area contributed by atoms with Crippen molar-refractivity contribution in [1.29, 1.82) is 0 Å². The molecule has 0 saturated heterocycles. The van der Waals surface area contributed by atoms with Gasteiger partial charge in [-0.2, -0.15) is 0 Å². The molecule has 2 aromatic heterocycles. The highest BCUT2D eigenvalue weighted by Gasteiger charge is 2.10. The molecular weight excluding hydrogens is 320 g/mol. The minimum absolute atomic E-state index is 0.150.